The Morgan fingerprint density at radius 1 is 1.47 bits per heavy atom. The zero-order chi connectivity index (χ0) is 11.6. The molecule has 0 radical (unpaired) electrons. The van der Waals surface area contributed by atoms with Crippen molar-refractivity contribution in [2.75, 3.05) is 0 Å². The predicted octanol–water partition coefficient (Wildman–Crippen LogP) is 0.921. The van der Waals surface area contributed by atoms with Crippen LogP contribution in [-0.2, 0) is 14.4 Å². The summed E-state index contributed by atoms with van der Waals surface area (Å²) in [7, 11) is 0. The maximum Gasteiger partial charge on any atom is 0.310 e. The number of rotatable bonds is 3. The summed E-state index contributed by atoms with van der Waals surface area (Å²) < 4.78 is 0. The lowest BCUT2D eigenvalue weighted by Gasteiger charge is -2.35. The third-order valence-electron chi connectivity index (χ3n) is 3.14. The van der Waals surface area contributed by atoms with Crippen molar-refractivity contribution in [2.45, 2.75) is 32.6 Å². The van der Waals surface area contributed by atoms with Crippen LogP contribution >= 0.6 is 0 Å². The fourth-order valence-corrected chi connectivity index (χ4v) is 2.10. The Hall–Kier alpha value is -1.39. The second-order valence-corrected chi connectivity index (χ2v) is 4.19. The normalized spacial score (nSPS) is 31.3. The van der Waals surface area contributed by atoms with Crippen molar-refractivity contribution in [2.24, 2.45) is 11.3 Å². The van der Waals surface area contributed by atoms with E-state index in [1.807, 2.05) is 0 Å². The molecule has 0 aliphatic heterocycles. The van der Waals surface area contributed by atoms with E-state index in [1.165, 1.54) is 6.92 Å². The van der Waals surface area contributed by atoms with Gasteiger partial charge >= 0.3 is 11.9 Å². The van der Waals surface area contributed by atoms with Gasteiger partial charge in [0.05, 0.1) is 11.8 Å². The van der Waals surface area contributed by atoms with Gasteiger partial charge in [-0.3, -0.25) is 14.4 Å². The van der Waals surface area contributed by atoms with Gasteiger partial charge in [0.15, 0.2) is 0 Å². The Bertz CT molecular complexity index is 309. The third-order valence-corrected chi connectivity index (χ3v) is 3.14. The fraction of sp³-hybridized carbons (Fsp3) is 0.700. The zero-order valence-electron chi connectivity index (χ0n) is 8.52. The van der Waals surface area contributed by atoms with Gasteiger partial charge in [0, 0.05) is 12.3 Å². The summed E-state index contributed by atoms with van der Waals surface area (Å²) in [5, 5.41) is 17.7. The van der Waals surface area contributed by atoms with Gasteiger partial charge in [0.25, 0.3) is 0 Å². The highest BCUT2D eigenvalue weighted by molar-refractivity contribution is 5.92. The van der Waals surface area contributed by atoms with E-state index >= 15 is 0 Å². The quantitative estimate of drug-likeness (QED) is 0.728. The van der Waals surface area contributed by atoms with Gasteiger partial charge in [0.1, 0.15) is 5.78 Å². The van der Waals surface area contributed by atoms with Crippen LogP contribution in [0.25, 0.3) is 0 Å². The van der Waals surface area contributed by atoms with Crippen molar-refractivity contribution in [1.29, 1.82) is 0 Å². The van der Waals surface area contributed by atoms with Crippen molar-refractivity contribution in [3.05, 3.63) is 0 Å². The number of carboxylic acids is 2. The molecule has 1 fully saturated rings. The Balaban J connectivity index is 2.96. The van der Waals surface area contributed by atoms with E-state index in [2.05, 4.69) is 0 Å². The molecule has 1 aliphatic rings. The second-order valence-electron chi connectivity index (χ2n) is 4.19. The van der Waals surface area contributed by atoms with Crippen molar-refractivity contribution in [3.63, 3.8) is 0 Å². The largest absolute Gasteiger partial charge is 0.481 e. The molecule has 0 aromatic heterocycles. The highest BCUT2D eigenvalue weighted by atomic mass is 16.4. The number of carbonyl (C=O) groups is 3. The molecule has 0 bridgehead atoms. The topological polar surface area (TPSA) is 91.7 Å². The molecule has 0 unspecified atom stereocenters. The second kappa shape index (κ2) is 4.00. The van der Waals surface area contributed by atoms with Crippen molar-refractivity contribution in [3.8, 4) is 0 Å². The molecule has 0 saturated heterocycles. The molecule has 5 heteroatoms. The van der Waals surface area contributed by atoms with Crippen LogP contribution in [0.4, 0.5) is 0 Å². The number of carbonyl (C=O) groups excluding carboxylic acids is 1. The average molecular weight is 214 g/mol. The molecule has 1 saturated carbocycles. The van der Waals surface area contributed by atoms with Gasteiger partial charge in [-0.2, -0.15) is 0 Å². The summed E-state index contributed by atoms with van der Waals surface area (Å²) in [6, 6.07) is 0. The van der Waals surface area contributed by atoms with Crippen LogP contribution < -0.4 is 0 Å². The van der Waals surface area contributed by atoms with Crippen LogP contribution in [0.1, 0.15) is 32.6 Å². The van der Waals surface area contributed by atoms with Crippen LogP contribution in [0.2, 0.25) is 0 Å². The molecule has 0 amide bonds. The lowest BCUT2D eigenvalue weighted by molar-refractivity contribution is -0.160. The van der Waals surface area contributed by atoms with Crippen LogP contribution in [0.15, 0.2) is 0 Å². The highest BCUT2D eigenvalue weighted by Gasteiger charge is 2.48. The van der Waals surface area contributed by atoms with E-state index in [-0.39, 0.29) is 12.2 Å². The lowest BCUT2D eigenvalue weighted by atomic mass is 9.65. The summed E-state index contributed by atoms with van der Waals surface area (Å²) >= 11 is 0. The molecule has 1 aliphatic carbocycles. The first-order valence-corrected chi connectivity index (χ1v) is 4.86. The average Bonchev–Trinajstić information content (AvgIpc) is 2.11. The first-order chi connectivity index (χ1) is 6.88. The number of ketones is 1. The molecule has 84 valence electrons. The summed E-state index contributed by atoms with van der Waals surface area (Å²) in [6.07, 6.45) is 0.798. The molecule has 1 rings (SSSR count). The molecule has 2 N–H and O–H groups in total. The zero-order valence-corrected chi connectivity index (χ0v) is 8.52. The van der Waals surface area contributed by atoms with Gasteiger partial charge in [-0.15, -0.1) is 0 Å². The summed E-state index contributed by atoms with van der Waals surface area (Å²) in [5.74, 6) is -3.33. The molecule has 15 heavy (non-hydrogen) atoms. The van der Waals surface area contributed by atoms with Crippen molar-refractivity contribution >= 4 is 17.7 Å². The van der Waals surface area contributed by atoms with E-state index < -0.39 is 23.3 Å². The molecule has 0 aromatic carbocycles. The first kappa shape index (κ1) is 11.7. The van der Waals surface area contributed by atoms with E-state index in [1.54, 1.807) is 0 Å². The molecule has 0 spiro atoms. The van der Waals surface area contributed by atoms with Crippen molar-refractivity contribution < 1.29 is 24.6 Å². The summed E-state index contributed by atoms with van der Waals surface area (Å²) in [6.45, 7) is 1.46. The fourth-order valence-electron chi connectivity index (χ4n) is 2.10. The highest BCUT2D eigenvalue weighted by Crippen LogP contribution is 2.41. The Morgan fingerprint density at radius 2 is 2.07 bits per heavy atom. The Morgan fingerprint density at radius 3 is 2.53 bits per heavy atom. The van der Waals surface area contributed by atoms with Crippen LogP contribution in [0.3, 0.4) is 0 Å². The van der Waals surface area contributed by atoms with Gasteiger partial charge in [-0.05, 0) is 19.8 Å². The molecular weight excluding hydrogens is 200 g/mol. The molecule has 0 heterocycles. The monoisotopic (exact) mass is 214 g/mol. The molecule has 2 atom stereocenters. The summed E-state index contributed by atoms with van der Waals surface area (Å²) in [5.41, 5.74) is -1.21. The van der Waals surface area contributed by atoms with Crippen molar-refractivity contribution in [1.82, 2.24) is 0 Å². The standard InChI is InChI=1S/C10H14O5/c1-10(9(14)15)4-2-3-7(11)6(10)5-8(12)13/h6H,2-5H2,1H3,(H,12,13)(H,14,15)/t6-,10-/m1/s1. The number of hydrogen-bond acceptors (Lipinski definition) is 3. The number of hydrogen-bond donors (Lipinski definition) is 2. The van der Waals surface area contributed by atoms with Crippen LogP contribution in [-0.4, -0.2) is 27.9 Å². The summed E-state index contributed by atoms with van der Waals surface area (Å²) in [4.78, 5) is 33.2. The minimum Gasteiger partial charge on any atom is -0.481 e. The lowest BCUT2D eigenvalue weighted by Crippen LogP contribution is -2.44. The van der Waals surface area contributed by atoms with Gasteiger partial charge in [0.2, 0.25) is 0 Å². The van der Waals surface area contributed by atoms with Crippen LogP contribution in [0.5, 0.6) is 0 Å². The third kappa shape index (κ3) is 2.16. The first-order valence-electron chi connectivity index (χ1n) is 4.86. The van der Waals surface area contributed by atoms with Gasteiger partial charge in [-0.25, -0.2) is 0 Å². The number of carboxylic acid groups (broad SMARTS) is 2. The minimum absolute atomic E-state index is 0.242. The van der Waals surface area contributed by atoms with E-state index in [4.69, 9.17) is 10.2 Å². The SMILES string of the molecule is C[C@@]1(C(=O)O)CCCC(=O)[C@H]1CC(=O)O. The number of aliphatic carboxylic acids is 2. The van der Waals surface area contributed by atoms with E-state index in [0.29, 0.717) is 19.3 Å². The van der Waals surface area contributed by atoms with E-state index in [9.17, 15) is 14.4 Å². The Kier molecular flexibility index (Phi) is 3.12. The van der Waals surface area contributed by atoms with Gasteiger partial charge < -0.3 is 10.2 Å². The van der Waals surface area contributed by atoms with Gasteiger partial charge in [-0.1, -0.05) is 0 Å². The predicted molar refractivity (Wildman–Crippen MR) is 50.3 cm³/mol. The maximum atomic E-state index is 11.5. The van der Waals surface area contributed by atoms with E-state index in [0.717, 1.165) is 0 Å². The maximum absolute atomic E-state index is 11.5. The molecule has 0 aromatic rings. The van der Waals surface area contributed by atoms with Crippen LogP contribution in [0, 0.1) is 11.3 Å². The number of Topliss-reactive ketones (excluding diaryl/α,β-unsaturated/α-hetero) is 1. The minimum atomic E-state index is -1.21. The Labute approximate surface area is 87.1 Å². The molecular formula is C10H14O5. The smallest absolute Gasteiger partial charge is 0.310 e. The molecule has 5 nitrogen and oxygen atoms in total.